The molecule has 5 nitrogen and oxygen atoms in total. The minimum atomic E-state index is -0.482. The summed E-state index contributed by atoms with van der Waals surface area (Å²) in [6, 6.07) is 3.21. The molecule has 0 aromatic heterocycles. The van der Waals surface area contributed by atoms with E-state index in [4.69, 9.17) is 16.3 Å². The summed E-state index contributed by atoms with van der Waals surface area (Å²) in [6.45, 7) is 2.74. The molecule has 1 atom stereocenters. The standard InChI is InChI=1S/C14H15ClN2O3/c1-8-14(19)17(7-12(18)16-8)6-10-5-11(15)4-9-2-3-20-13(9)10/h4-5,8H,2-3,6-7H2,1H3,(H,16,18). The minimum absolute atomic E-state index is 0.0739. The molecule has 0 bridgehead atoms. The van der Waals surface area contributed by atoms with E-state index < -0.39 is 6.04 Å². The quantitative estimate of drug-likeness (QED) is 0.889. The second kappa shape index (κ2) is 4.98. The highest BCUT2D eigenvalue weighted by molar-refractivity contribution is 6.30. The first kappa shape index (κ1) is 13.2. The van der Waals surface area contributed by atoms with Crippen LogP contribution in [0.3, 0.4) is 0 Å². The number of carbonyl (C=O) groups is 2. The van der Waals surface area contributed by atoms with Crippen molar-refractivity contribution >= 4 is 23.4 Å². The van der Waals surface area contributed by atoms with Crippen LogP contribution < -0.4 is 10.1 Å². The van der Waals surface area contributed by atoms with Crippen LogP contribution in [0.4, 0.5) is 0 Å². The predicted octanol–water partition coefficient (Wildman–Crippen LogP) is 1.12. The molecule has 3 rings (SSSR count). The number of halogens is 1. The number of ether oxygens (including phenoxy) is 1. The van der Waals surface area contributed by atoms with E-state index in [1.165, 1.54) is 4.90 Å². The van der Waals surface area contributed by atoms with E-state index in [0.29, 0.717) is 18.2 Å². The van der Waals surface area contributed by atoms with Crippen molar-refractivity contribution in [1.29, 1.82) is 0 Å². The molecule has 1 N–H and O–H groups in total. The first-order valence-electron chi connectivity index (χ1n) is 6.57. The SMILES string of the molecule is CC1NC(=O)CN(Cc2cc(Cl)cc3c2OCC3)C1=O. The van der Waals surface area contributed by atoms with Gasteiger partial charge in [-0.3, -0.25) is 9.59 Å². The van der Waals surface area contributed by atoms with Crippen molar-refractivity contribution in [3.05, 3.63) is 28.3 Å². The number of carbonyl (C=O) groups excluding carboxylic acids is 2. The Kier molecular flexibility index (Phi) is 3.30. The molecule has 1 saturated heterocycles. The zero-order valence-corrected chi connectivity index (χ0v) is 11.9. The number of hydrogen-bond donors (Lipinski definition) is 1. The predicted molar refractivity (Wildman–Crippen MR) is 73.7 cm³/mol. The first-order chi connectivity index (χ1) is 9.54. The minimum Gasteiger partial charge on any atom is -0.493 e. The first-order valence-corrected chi connectivity index (χ1v) is 6.94. The van der Waals surface area contributed by atoms with Gasteiger partial charge in [-0.1, -0.05) is 11.6 Å². The van der Waals surface area contributed by atoms with Crippen molar-refractivity contribution in [2.45, 2.75) is 25.9 Å². The van der Waals surface area contributed by atoms with E-state index in [-0.39, 0.29) is 18.4 Å². The molecule has 1 aromatic carbocycles. The maximum atomic E-state index is 12.1. The van der Waals surface area contributed by atoms with Crippen LogP contribution in [0.25, 0.3) is 0 Å². The molecule has 1 unspecified atom stereocenters. The van der Waals surface area contributed by atoms with Gasteiger partial charge in [-0.15, -0.1) is 0 Å². The van der Waals surface area contributed by atoms with Gasteiger partial charge in [0.1, 0.15) is 11.8 Å². The summed E-state index contributed by atoms with van der Waals surface area (Å²) in [5, 5.41) is 3.25. The molecule has 0 saturated carbocycles. The van der Waals surface area contributed by atoms with Crippen molar-refractivity contribution in [2.75, 3.05) is 13.2 Å². The van der Waals surface area contributed by atoms with Crippen LogP contribution in [0.2, 0.25) is 5.02 Å². The largest absolute Gasteiger partial charge is 0.493 e. The van der Waals surface area contributed by atoms with Gasteiger partial charge in [0.25, 0.3) is 0 Å². The number of nitrogens with one attached hydrogen (secondary N) is 1. The van der Waals surface area contributed by atoms with Crippen molar-refractivity contribution < 1.29 is 14.3 Å². The summed E-state index contributed by atoms with van der Waals surface area (Å²) >= 11 is 6.10. The van der Waals surface area contributed by atoms with Gasteiger partial charge in [0.05, 0.1) is 13.2 Å². The Morgan fingerprint density at radius 1 is 1.45 bits per heavy atom. The van der Waals surface area contributed by atoms with Crippen molar-refractivity contribution in [3.63, 3.8) is 0 Å². The molecule has 0 radical (unpaired) electrons. The Bertz CT molecular complexity index is 588. The van der Waals surface area contributed by atoms with Crippen LogP contribution in [-0.2, 0) is 22.6 Å². The third-order valence-electron chi connectivity index (χ3n) is 3.58. The number of fused-ring (bicyclic) bond motifs is 1. The van der Waals surface area contributed by atoms with E-state index in [0.717, 1.165) is 23.3 Å². The van der Waals surface area contributed by atoms with Gasteiger partial charge >= 0.3 is 0 Å². The fourth-order valence-corrected chi connectivity index (χ4v) is 2.94. The zero-order valence-electron chi connectivity index (χ0n) is 11.1. The number of rotatable bonds is 2. The number of piperazine rings is 1. The molecular formula is C14H15ClN2O3. The highest BCUT2D eigenvalue weighted by Crippen LogP contribution is 2.33. The van der Waals surface area contributed by atoms with Gasteiger partial charge in [-0.2, -0.15) is 0 Å². The van der Waals surface area contributed by atoms with Crippen LogP contribution >= 0.6 is 11.6 Å². The molecule has 0 aliphatic carbocycles. The summed E-state index contributed by atoms with van der Waals surface area (Å²) < 4.78 is 5.62. The lowest BCUT2D eigenvalue weighted by molar-refractivity contribution is -0.144. The van der Waals surface area contributed by atoms with Gasteiger partial charge in [-0.05, 0) is 24.6 Å². The zero-order chi connectivity index (χ0) is 14.3. The number of hydrogen-bond acceptors (Lipinski definition) is 3. The molecule has 2 heterocycles. The molecule has 20 heavy (non-hydrogen) atoms. The fraction of sp³-hybridized carbons (Fsp3) is 0.429. The van der Waals surface area contributed by atoms with Gasteiger partial charge in [0, 0.05) is 23.6 Å². The van der Waals surface area contributed by atoms with Crippen molar-refractivity contribution in [1.82, 2.24) is 10.2 Å². The van der Waals surface area contributed by atoms with Crippen molar-refractivity contribution in [2.24, 2.45) is 0 Å². The molecule has 106 valence electrons. The van der Waals surface area contributed by atoms with Gasteiger partial charge in [0.2, 0.25) is 11.8 Å². The van der Waals surface area contributed by atoms with Gasteiger partial charge in [0.15, 0.2) is 0 Å². The second-order valence-corrected chi connectivity index (χ2v) is 5.57. The van der Waals surface area contributed by atoms with E-state index >= 15 is 0 Å². The summed E-state index contributed by atoms with van der Waals surface area (Å²) in [7, 11) is 0. The summed E-state index contributed by atoms with van der Waals surface area (Å²) in [5.41, 5.74) is 1.93. The van der Waals surface area contributed by atoms with Gasteiger partial charge < -0.3 is 15.0 Å². The van der Waals surface area contributed by atoms with E-state index in [9.17, 15) is 9.59 Å². The summed E-state index contributed by atoms with van der Waals surface area (Å²) in [4.78, 5) is 25.2. The van der Waals surface area contributed by atoms with Gasteiger partial charge in [-0.25, -0.2) is 0 Å². The molecule has 2 amide bonds. The third-order valence-corrected chi connectivity index (χ3v) is 3.80. The Hall–Kier alpha value is -1.75. The molecule has 6 heteroatoms. The fourth-order valence-electron chi connectivity index (χ4n) is 2.68. The van der Waals surface area contributed by atoms with Crippen LogP contribution in [0.5, 0.6) is 5.75 Å². The highest BCUT2D eigenvalue weighted by Gasteiger charge is 2.30. The maximum Gasteiger partial charge on any atom is 0.245 e. The second-order valence-electron chi connectivity index (χ2n) is 5.14. The Morgan fingerprint density at radius 2 is 2.25 bits per heavy atom. The Balaban J connectivity index is 1.88. The molecule has 0 spiro atoms. The molecule has 1 fully saturated rings. The smallest absolute Gasteiger partial charge is 0.245 e. The van der Waals surface area contributed by atoms with Crippen molar-refractivity contribution in [3.8, 4) is 5.75 Å². The van der Waals surface area contributed by atoms with Crippen LogP contribution in [0, 0.1) is 0 Å². The third kappa shape index (κ3) is 2.33. The highest BCUT2D eigenvalue weighted by atomic mass is 35.5. The monoisotopic (exact) mass is 294 g/mol. The van der Waals surface area contributed by atoms with E-state index in [1.54, 1.807) is 13.0 Å². The molecular weight excluding hydrogens is 280 g/mol. The van der Waals surface area contributed by atoms with E-state index in [1.807, 2.05) is 6.07 Å². The maximum absolute atomic E-state index is 12.1. The number of benzene rings is 1. The summed E-state index contributed by atoms with van der Waals surface area (Å²) in [6.07, 6.45) is 0.827. The van der Waals surface area contributed by atoms with E-state index in [2.05, 4.69) is 5.32 Å². The average molecular weight is 295 g/mol. The molecule has 1 aromatic rings. The Labute approximate surface area is 121 Å². The van der Waals surface area contributed by atoms with Crippen LogP contribution in [0.1, 0.15) is 18.1 Å². The lowest BCUT2D eigenvalue weighted by Gasteiger charge is -2.31. The molecule has 2 aliphatic heterocycles. The topological polar surface area (TPSA) is 58.6 Å². The number of nitrogens with zero attached hydrogens (tertiary/aromatic N) is 1. The normalized spacial score (nSPS) is 21.5. The lowest BCUT2D eigenvalue weighted by Crippen LogP contribution is -2.56. The Morgan fingerprint density at radius 3 is 3.05 bits per heavy atom. The van der Waals surface area contributed by atoms with Crippen LogP contribution in [0.15, 0.2) is 12.1 Å². The molecule has 2 aliphatic rings. The number of amides is 2. The average Bonchev–Trinajstić information content (AvgIpc) is 2.83. The lowest BCUT2D eigenvalue weighted by atomic mass is 10.1. The summed E-state index contributed by atoms with van der Waals surface area (Å²) in [5.74, 6) is 0.578. The van der Waals surface area contributed by atoms with Crippen LogP contribution in [-0.4, -0.2) is 35.9 Å².